The Kier molecular flexibility index (Phi) is 10.5. The predicted molar refractivity (Wildman–Crippen MR) is 187 cm³/mol. The predicted octanol–water partition coefficient (Wildman–Crippen LogP) is -1.36. The number of fused-ring (bicyclic) bond motifs is 5. The Hall–Kier alpha value is -5.57. The summed E-state index contributed by atoms with van der Waals surface area (Å²) in [4.78, 5) is 52.4. The zero-order valence-electron chi connectivity index (χ0n) is 30.3. The van der Waals surface area contributed by atoms with Gasteiger partial charge in [0, 0.05) is 22.3 Å². The molecule has 58 heavy (non-hydrogen) atoms. The third kappa shape index (κ3) is 6.43. The largest absolute Gasteiger partial charge is 0.507 e. The van der Waals surface area contributed by atoms with Crippen molar-refractivity contribution in [3.05, 3.63) is 74.3 Å². The average molecular weight is 809 g/mol. The summed E-state index contributed by atoms with van der Waals surface area (Å²) in [6, 6.07) is 5.98. The van der Waals surface area contributed by atoms with Crippen LogP contribution in [0.2, 0.25) is 0 Å². The first-order valence-corrected chi connectivity index (χ1v) is 17.7. The summed E-state index contributed by atoms with van der Waals surface area (Å²) < 4.78 is 22.9. The number of phenols is 3. The van der Waals surface area contributed by atoms with E-state index in [1.54, 1.807) is 6.07 Å². The molecular formula is C38H36N2O18. The summed E-state index contributed by atoms with van der Waals surface area (Å²) in [5, 5.41) is 120. The number of hydrogen-bond acceptors (Lipinski definition) is 18. The van der Waals surface area contributed by atoms with E-state index in [1.165, 1.54) is 19.9 Å². The average Bonchev–Trinajstić information content (AvgIpc) is 3.17. The molecule has 0 radical (unpaired) electrons. The SMILES string of the molecule is Cc1cc2c(c(O)c1C(=O)NCC(=O)O)-c1c(cc3c(c1O)C(=O)c1cc(C#N)cc(O)c1C3=O)[C@H](O)[C@H]2O[C@@H]1O[C@H](C)[C@H](O)[C@H](O[C@@H]2OC[C@@H](O)[C@H](O)[C@H]2O)[C@H]1O. The molecule has 11 N–H and O–H groups in total. The van der Waals surface area contributed by atoms with Crippen molar-refractivity contribution >= 4 is 23.4 Å². The van der Waals surface area contributed by atoms with Crippen LogP contribution >= 0.6 is 0 Å². The van der Waals surface area contributed by atoms with Crippen LogP contribution in [0.3, 0.4) is 0 Å². The first-order valence-electron chi connectivity index (χ1n) is 17.7. The molecule has 0 unspecified atom stereocenters. The van der Waals surface area contributed by atoms with E-state index >= 15 is 0 Å². The monoisotopic (exact) mass is 808 g/mol. The summed E-state index contributed by atoms with van der Waals surface area (Å²) >= 11 is 0. The lowest BCUT2D eigenvalue weighted by Gasteiger charge is -2.45. The van der Waals surface area contributed by atoms with Crippen molar-refractivity contribution in [1.29, 1.82) is 5.26 Å². The Morgan fingerprint density at radius 1 is 0.828 bits per heavy atom. The van der Waals surface area contributed by atoms with Gasteiger partial charge in [0.15, 0.2) is 24.1 Å². The van der Waals surface area contributed by atoms with Gasteiger partial charge in [0.05, 0.1) is 41.0 Å². The van der Waals surface area contributed by atoms with Crippen molar-refractivity contribution in [2.24, 2.45) is 0 Å². The number of hydrogen-bond donors (Lipinski definition) is 11. The minimum Gasteiger partial charge on any atom is -0.507 e. The topological polar surface area (TPSA) is 343 Å². The number of carbonyl (C=O) groups is 4. The number of amides is 1. The molecule has 7 rings (SSSR count). The molecule has 0 aromatic heterocycles. The smallest absolute Gasteiger partial charge is 0.322 e. The van der Waals surface area contributed by atoms with Crippen molar-refractivity contribution in [2.75, 3.05) is 13.2 Å². The Morgan fingerprint density at radius 3 is 2.16 bits per heavy atom. The molecule has 0 spiro atoms. The number of nitrogens with zero attached hydrogens (tertiary/aromatic N) is 1. The van der Waals surface area contributed by atoms with Crippen LogP contribution in [-0.2, 0) is 23.7 Å². The molecular weight excluding hydrogens is 772 g/mol. The van der Waals surface area contributed by atoms with Crippen molar-refractivity contribution < 1.29 is 89.2 Å². The number of phenolic OH excluding ortho intramolecular Hbond substituents is 3. The van der Waals surface area contributed by atoms with Gasteiger partial charge >= 0.3 is 5.97 Å². The second-order valence-electron chi connectivity index (χ2n) is 14.3. The Bertz CT molecular complexity index is 2310. The van der Waals surface area contributed by atoms with E-state index in [4.69, 9.17) is 24.1 Å². The highest BCUT2D eigenvalue weighted by Gasteiger charge is 2.51. The van der Waals surface area contributed by atoms with Gasteiger partial charge in [0.25, 0.3) is 5.91 Å². The van der Waals surface area contributed by atoms with Crippen molar-refractivity contribution in [3.63, 3.8) is 0 Å². The van der Waals surface area contributed by atoms with Gasteiger partial charge in [-0.15, -0.1) is 0 Å². The van der Waals surface area contributed by atoms with Crippen LogP contribution in [0.25, 0.3) is 11.1 Å². The molecule has 2 fully saturated rings. The number of nitriles is 1. The zero-order valence-corrected chi connectivity index (χ0v) is 30.3. The number of ether oxygens (including phenoxy) is 4. The minimum atomic E-state index is -1.97. The molecule has 20 heteroatoms. The van der Waals surface area contributed by atoms with Gasteiger partial charge < -0.3 is 75.3 Å². The number of aryl methyl sites for hydroxylation is 1. The van der Waals surface area contributed by atoms with E-state index in [-0.39, 0.29) is 22.3 Å². The minimum absolute atomic E-state index is 0.0141. The van der Waals surface area contributed by atoms with E-state index in [9.17, 15) is 70.4 Å². The van der Waals surface area contributed by atoms with E-state index in [1.807, 2.05) is 0 Å². The second-order valence-corrected chi connectivity index (χ2v) is 14.3. The number of rotatable bonds is 7. The van der Waals surface area contributed by atoms with Crippen molar-refractivity contribution in [3.8, 4) is 34.4 Å². The molecule has 4 aliphatic rings. The molecule has 0 saturated carbocycles. The van der Waals surface area contributed by atoms with Crippen molar-refractivity contribution in [2.45, 2.75) is 81.4 Å². The number of nitrogens with one attached hydrogen (secondary N) is 1. The summed E-state index contributed by atoms with van der Waals surface area (Å²) in [6.07, 6.45) is -18.7. The standard InChI is InChI=1S/C38H36N2O18/c1-10-3-16-23(30(50)20(10)36(54)40-8-19(43)44)22-14(6-15-24(31(22)51)27(47)13-4-12(7-39)5-17(41)21(13)26(15)46)28(48)34(16)57-38-33(53)35(25(45)11(2)56-38)58-37-32(52)29(49)18(42)9-55-37/h3-6,11,18,25,28-29,32-35,37-38,41-42,45,48-53H,8-9H2,1-2H3,(H,40,54)(H,43,44)/t11-,18-,25+,28+,29+,32-,33-,34+,35+,37+,38+/m1/s1. The highest BCUT2D eigenvalue weighted by molar-refractivity contribution is 6.31. The van der Waals surface area contributed by atoms with E-state index in [0.29, 0.717) is 0 Å². The van der Waals surface area contributed by atoms with Crippen molar-refractivity contribution in [1.82, 2.24) is 5.32 Å². The van der Waals surface area contributed by atoms with Gasteiger partial charge in [-0.3, -0.25) is 19.2 Å². The number of carboxylic acids is 1. The van der Waals surface area contributed by atoms with E-state index in [2.05, 4.69) is 5.32 Å². The summed E-state index contributed by atoms with van der Waals surface area (Å²) in [6.45, 7) is 1.36. The molecule has 1 amide bonds. The van der Waals surface area contributed by atoms with E-state index in [0.717, 1.165) is 18.2 Å². The maximum Gasteiger partial charge on any atom is 0.322 e. The van der Waals surface area contributed by atoms with E-state index < -0.39 is 160 Å². The molecule has 11 atom stereocenters. The van der Waals surface area contributed by atoms with Gasteiger partial charge in [0.1, 0.15) is 72.6 Å². The fourth-order valence-corrected chi connectivity index (χ4v) is 7.77. The van der Waals surface area contributed by atoms with Crippen LogP contribution in [0.4, 0.5) is 0 Å². The number of benzene rings is 3. The quantitative estimate of drug-likeness (QED) is 0.103. The number of aliphatic carboxylic acids is 1. The molecule has 2 saturated heterocycles. The molecule has 2 aliphatic carbocycles. The Labute approximate surface area is 326 Å². The first kappa shape index (κ1) is 40.6. The number of aliphatic hydroxyl groups excluding tert-OH is 6. The highest BCUT2D eigenvalue weighted by Crippen LogP contribution is 2.57. The van der Waals surface area contributed by atoms with Crippen LogP contribution in [-0.4, -0.2) is 143 Å². The number of carboxylic acid groups (broad SMARTS) is 1. The highest BCUT2D eigenvalue weighted by atomic mass is 16.7. The molecule has 0 bridgehead atoms. The van der Waals surface area contributed by atoms with Crippen LogP contribution in [0.1, 0.15) is 83.6 Å². The molecule has 20 nitrogen and oxygen atoms in total. The van der Waals surface area contributed by atoms with Gasteiger partial charge in [-0.2, -0.15) is 5.26 Å². The lowest BCUT2D eigenvalue weighted by molar-refractivity contribution is -0.353. The third-order valence-electron chi connectivity index (χ3n) is 10.6. The van der Waals surface area contributed by atoms with Gasteiger partial charge in [-0.25, -0.2) is 0 Å². The lowest BCUT2D eigenvalue weighted by Crippen LogP contribution is -2.62. The second kappa shape index (κ2) is 15.0. The number of aliphatic hydroxyl groups is 6. The lowest BCUT2D eigenvalue weighted by atomic mass is 9.74. The van der Waals surface area contributed by atoms with Crippen LogP contribution in [0.15, 0.2) is 24.3 Å². The van der Waals surface area contributed by atoms with Gasteiger partial charge in [-0.1, -0.05) is 6.07 Å². The summed E-state index contributed by atoms with van der Waals surface area (Å²) in [5.74, 6) is -7.11. The number of aromatic hydroxyl groups is 3. The third-order valence-corrected chi connectivity index (χ3v) is 10.6. The molecule has 2 heterocycles. The summed E-state index contributed by atoms with van der Waals surface area (Å²) in [5.41, 5.74) is -4.25. The number of ketones is 2. The molecule has 3 aromatic rings. The fraction of sp³-hybridized carbons (Fsp3) is 0.395. The fourth-order valence-electron chi connectivity index (χ4n) is 7.77. The van der Waals surface area contributed by atoms with Gasteiger partial charge in [-0.05, 0) is 48.7 Å². The number of carbonyl (C=O) groups excluding carboxylic acids is 3. The molecule has 306 valence electrons. The maximum atomic E-state index is 14.0. The molecule has 3 aromatic carbocycles. The van der Waals surface area contributed by atoms with Crippen LogP contribution in [0.5, 0.6) is 17.2 Å². The zero-order chi connectivity index (χ0) is 42.2. The maximum absolute atomic E-state index is 14.0. The first-order chi connectivity index (χ1) is 27.4. The Morgan fingerprint density at radius 2 is 1.48 bits per heavy atom. The van der Waals surface area contributed by atoms with Gasteiger partial charge in [0.2, 0.25) is 0 Å². The van der Waals surface area contributed by atoms with Crippen LogP contribution < -0.4 is 5.32 Å². The molecule has 2 aliphatic heterocycles. The van der Waals surface area contributed by atoms with Crippen LogP contribution in [0, 0.1) is 18.3 Å². The summed E-state index contributed by atoms with van der Waals surface area (Å²) in [7, 11) is 0. The Balaban J connectivity index is 1.36. The normalized spacial score (nSPS) is 30.0.